The average molecular weight is 512 g/mol. The zero-order valence-electron chi connectivity index (χ0n) is 20.6. The zero-order chi connectivity index (χ0) is 27.1. The SMILES string of the molecule is CCCn1nc(C(N)=O)cc1C(=O)N(C)c1ccc(-c2ncc3nc(C(F)(F)F)cc(C)c3n2)cc1C. The van der Waals surface area contributed by atoms with Crippen molar-refractivity contribution >= 4 is 28.5 Å². The van der Waals surface area contributed by atoms with Crippen LogP contribution in [0.25, 0.3) is 22.4 Å². The van der Waals surface area contributed by atoms with Crippen molar-refractivity contribution in [3.8, 4) is 11.4 Å². The number of carbonyl (C=O) groups is 2. The van der Waals surface area contributed by atoms with Crippen LogP contribution in [0, 0.1) is 13.8 Å². The number of carbonyl (C=O) groups excluding carboxylic acids is 2. The van der Waals surface area contributed by atoms with Gasteiger partial charge in [-0.2, -0.15) is 18.3 Å². The lowest BCUT2D eigenvalue weighted by Crippen LogP contribution is -2.29. The first kappa shape index (κ1) is 25.7. The van der Waals surface area contributed by atoms with Crippen LogP contribution in [0.3, 0.4) is 0 Å². The fourth-order valence-electron chi connectivity index (χ4n) is 4.01. The molecule has 9 nitrogen and oxygen atoms in total. The molecule has 12 heteroatoms. The molecule has 0 aliphatic heterocycles. The topological polar surface area (TPSA) is 120 Å². The van der Waals surface area contributed by atoms with E-state index in [-0.39, 0.29) is 22.8 Å². The van der Waals surface area contributed by atoms with Crippen molar-refractivity contribution in [2.45, 2.75) is 39.9 Å². The fraction of sp³-hybridized carbons (Fsp3) is 0.280. The van der Waals surface area contributed by atoms with E-state index in [9.17, 15) is 22.8 Å². The molecule has 0 aliphatic carbocycles. The molecular formula is C25H24F3N7O2. The van der Waals surface area contributed by atoms with E-state index >= 15 is 0 Å². The van der Waals surface area contributed by atoms with Gasteiger partial charge in [0.2, 0.25) is 0 Å². The molecule has 3 heterocycles. The van der Waals surface area contributed by atoms with E-state index < -0.39 is 17.8 Å². The predicted octanol–water partition coefficient (Wildman–Crippen LogP) is 4.31. The Labute approximate surface area is 210 Å². The van der Waals surface area contributed by atoms with Crippen LogP contribution in [0.4, 0.5) is 18.9 Å². The molecule has 0 bridgehead atoms. The quantitative estimate of drug-likeness (QED) is 0.412. The van der Waals surface area contributed by atoms with Gasteiger partial charge >= 0.3 is 6.18 Å². The molecule has 0 spiro atoms. The summed E-state index contributed by atoms with van der Waals surface area (Å²) in [6.45, 7) is 5.72. The number of anilines is 1. The van der Waals surface area contributed by atoms with Crippen LogP contribution in [0.2, 0.25) is 0 Å². The molecule has 0 radical (unpaired) electrons. The molecule has 2 N–H and O–H groups in total. The second-order valence-electron chi connectivity index (χ2n) is 8.62. The highest BCUT2D eigenvalue weighted by atomic mass is 19.4. The van der Waals surface area contributed by atoms with Crippen molar-refractivity contribution in [3.05, 3.63) is 64.7 Å². The molecule has 4 rings (SSSR count). The summed E-state index contributed by atoms with van der Waals surface area (Å²) in [6, 6.07) is 7.57. The molecule has 2 amide bonds. The van der Waals surface area contributed by atoms with Crippen molar-refractivity contribution in [3.63, 3.8) is 0 Å². The second-order valence-corrected chi connectivity index (χ2v) is 8.62. The Balaban J connectivity index is 1.66. The summed E-state index contributed by atoms with van der Waals surface area (Å²) in [5.41, 5.74) is 7.25. The number of nitrogens with zero attached hydrogens (tertiary/aromatic N) is 6. The Morgan fingerprint density at radius 3 is 2.43 bits per heavy atom. The Kier molecular flexibility index (Phi) is 6.68. The average Bonchev–Trinajstić information content (AvgIpc) is 3.27. The largest absolute Gasteiger partial charge is 0.433 e. The van der Waals surface area contributed by atoms with Crippen molar-refractivity contribution in [1.82, 2.24) is 24.7 Å². The number of fused-ring (bicyclic) bond motifs is 1. The molecule has 0 fully saturated rings. The number of aromatic nitrogens is 5. The molecule has 0 aliphatic rings. The van der Waals surface area contributed by atoms with E-state index in [1.807, 2.05) is 13.8 Å². The summed E-state index contributed by atoms with van der Waals surface area (Å²) >= 11 is 0. The van der Waals surface area contributed by atoms with Crippen molar-refractivity contribution in [2.24, 2.45) is 5.73 Å². The Morgan fingerprint density at radius 2 is 1.81 bits per heavy atom. The van der Waals surface area contributed by atoms with Gasteiger partial charge in [0.05, 0.1) is 11.7 Å². The number of nitrogens with two attached hydrogens (primary N) is 1. The van der Waals surface area contributed by atoms with Crippen molar-refractivity contribution in [2.75, 3.05) is 11.9 Å². The summed E-state index contributed by atoms with van der Waals surface area (Å²) in [5.74, 6) is -0.774. The molecular weight excluding hydrogens is 487 g/mol. The van der Waals surface area contributed by atoms with E-state index in [2.05, 4.69) is 20.1 Å². The molecule has 0 saturated carbocycles. The maximum absolute atomic E-state index is 13.3. The first-order valence-corrected chi connectivity index (χ1v) is 11.4. The van der Waals surface area contributed by atoms with Gasteiger partial charge in [-0.05, 0) is 55.7 Å². The molecule has 192 valence electrons. The summed E-state index contributed by atoms with van der Waals surface area (Å²) in [7, 11) is 1.61. The number of halogens is 3. The third kappa shape index (κ3) is 4.99. The number of primary amides is 1. The standard InChI is InChI=1S/C25H24F3N7O2/c1-5-8-35-19(11-16(33-35)22(29)36)24(37)34(4)18-7-6-15(9-13(18)2)23-30-12-17-21(32-23)14(3)10-20(31-17)25(26,27)28/h6-7,9-12H,5,8H2,1-4H3,(H2,29,36). The number of amides is 2. The molecule has 1 aromatic carbocycles. The Hall–Kier alpha value is -4.35. The van der Waals surface area contributed by atoms with E-state index in [1.165, 1.54) is 28.8 Å². The number of pyridine rings is 1. The number of hydrogen-bond donors (Lipinski definition) is 1. The van der Waals surface area contributed by atoms with Crippen LogP contribution in [0.1, 0.15) is 51.1 Å². The third-order valence-corrected chi connectivity index (χ3v) is 5.84. The van der Waals surface area contributed by atoms with Crippen LogP contribution < -0.4 is 10.6 Å². The number of hydrogen-bond acceptors (Lipinski definition) is 6. The zero-order valence-corrected chi connectivity index (χ0v) is 20.6. The number of alkyl halides is 3. The maximum atomic E-state index is 13.3. The van der Waals surface area contributed by atoms with Gasteiger partial charge in [0, 0.05) is 30.9 Å². The predicted molar refractivity (Wildman–Crippen MR) is 131 cm³/mol. The van der Waals surface area contributed by atoms with Gasteiger partial charge in [-0.1, -0.05) is 6.92 Å². The summed E-state index contributed by atoms with van der Waals surface area (Å²) in [6.07, 6.45) is -2.59. The second kappa shape index (κ2) is 9.60. The van der Waals surface area contributed by atoms with Gasteiger partial charge in [0.15, 0.2) is 11.5 Å². The fourth-order valence-corrected chi connectivity index (χ4v) is 4.01. The highest BCUT2D eigenvalue weighted by Gasteiger charge is 2.33. The number of benzene rings is 1. The lowest BCUT2D eigenvalue weighted by atomic mass is 10.1. The van der Waals surface area contributed by atoms with Crippen LogP contribution in [0.15, 0.2) is 36.5 Å². The first-order chi connectivity index (χ1) is 17.4. The van der Waals surface area contributed by atoms with Gasteiger partial charge in [0.1, 0.15) is 16.9 Å². The highest BCUT2D eigenvalue weighted by molar-refractivity contribution is 6.06. The molecule has 37 heavy (non-hydrogen) atoms. The lowest BCUT2D eigenvalue weighted by Gasteiger charge is -2.20. The van der Waals surface area contributed by atoms with E-state index in [0.29, 0.717) is 41.1 Å². The van der Waals surface area contributed by atoms with Gasteiger partial charge in [-0.25, -0.2) is 15.0 Å². The first-order valence-electron chi connectivity index (χ1n) is 11.4. The van der Waals surface area contributed by atoms with E-state index in [1.54, 1.807) is 25.2 Å². The van der Waals surface area contributed by atoms with Crippen molar-refractivity contribution in [1.29, 1.82) is 0 Å². The number of rotatable bonds is 6. The molecule has 4 aromatic rings. The van der Waals surface area contributed by atoms with Crippen LogP contribution in [0.5, 0.6) is 0 Å². The number of aryl methyl sites for hydroxylation is 3. The van der Waals surface area contributed by atoms with E-state index in [0.717, 1.165) is 11.6 Å². The summed E-state index contributed by atoms with van der Waals surface area (Å²) in [5, 5.41) is 4.13. The monoisotopic (exact) mass is 511 g/mol. The van der Waals surface area contributed by atoms with E-state index in [4.69, 9.17) is 5.73 Å². The molecule has 0 atom stereocenters. The Bertz CT molecular complexity index is 1530. The van der Waals surface area contributed by atoms with Gasteiger partial charge in [-0.15, -0.1) is 0 Å². The third-order valence-electron chi connectivity index (χ3n) is 5.84. The van der Waals surface area contributed by atoms with Gasteiger partial charge < -0.3 is 10.6 Å². The Morgan fingerprint density at radius 1 is 1.08 bits per heavy atom. The van der Waals surface area contributed by atoms with Crippen LogP contribution in [-0.2, 0) is 12.7 Å². The minimum atomic E-state index is -4.57. The molecule has 0 saturated heterocycles. The normalized spacial score (nSPS) is 11.6. The maximum Gasteiger partial charge on any atom is 0.433 e. The summed E-state index contributed by atoms with van der Waals surface area (Å²) in [4.78, 5) is 38.6. The molecule has 0 unspecified atom stereocenters. The van der Waals surface area contributed by atoms with Gasteiger partial charge in [0.25, 0.3) is 11.8 Å². The summed E-state index contributed by atoms with van der Waals surface area (Å²) < 4.78 is 40.7. The van der Waals surface area contributed by atoms with Gasteiger partial charge in [-0.3, -0.25) is 14.3 Å². The van der Waals surface area contributed by atoms with Crippen molar-refractivity contribution < 1.29 is 22.8 Å². The minimum absolute atomic E-state index is 0.0119. The molecule has 3 aromatic heterocycles. The smallest absolute Gasteiger partial charge is 0.364 e. The van der Waals surface area contributed by atoms with Crippen LogP contribution in [-0.4, -0.2) is 43.6 Å². The van der Waals surface area contributed by atoms with Crippen LogP contribution >= 0.6 is 0 Å². The highest BCUT2D eigenvalue weighted by Crippen LogP contribution is 2.31. The lowest BCUT2D eigenvalue weighted by molar-refractivity contribution is -0.141. The minimum Gasteiger partial charge on any atom is -0.364 e.